The topological polar surface area (TPSA) is 96.0 Å². The number of anilines is 1. The molecule has 2 aromatic carbocycles. The number of hydrogen-bond acceptors (Lipinski definition) is 6. The van der Waals surface area contributed by atoms with Crippen molar-refractivity contribution in [1.82, 2.24) is 9.21 Å². The van der Waals surface area contributed by atoms with Crippen molar-refractivity contribution in [3.8, 4) is 0 Å². The third-order valence-electron chi connectivity index (χ3n) is 6.43. The van der Waals surface area contributed by atoms with Crippen LogP contribution in [0.5, 0.6) is 0 Å². The molecule has 4 rings (SSSR count). The second-order valence-electron chi connectivity index (χ2n) is 9.04. The van der Waals surface area contributed by atoms with Crippen LogP contribution in [0.2, 0.25) is 0 Å². The fourth-order valence-corrected chi connectivity index (χ4v) is 6.99. The van der Waals surface area contributed by atoms with Crippen LogP contribution in [-0.4, -0.2) is 62.3 Å². The molecule has 1 aromatic heterocycles. The summed E-state index contributed by atoms with van der Waals surface area (Å²) in [5.74, 6) is -0.488. The second kappa shape index (κ2) is 12.7. The minimum atomic E-state index is -3.98. The van der Waals surface area contributed by atoms with Gasteiger partial charge in [-0.2, -0.15) is 4.31 Å². The zero-order chi connectivity index (χ0) is 27.1. The number of amides is 2. The van der Waals surface area contributed by atoms with Gasteiger partial charge in [0.05, 0.1) is 17.5 Å². The van der Waals surface area contributed by atoms with Crippen molar-refractivity contribution in [3.63, 3.8) is 0 Å². The number of hydrogen-bond donors (Lipinski definition) is 1. The fraction of sp³-hybridized carbons (Fsp3) is 0.357. The minimum Gasteiger partial charge on any atom is -0.382 e. The molecule has 202 valence electrons. The Kier molecular flexibility index (Phi) is 9.32. The molecule has 10 heteroatoms. The average Bonchev–Trinajstić information content (AvgIpc) is 3.39. The van der Waals surface area contributed by atoms with Crippen molar-refractivity contribution in [2.45, 2.75) is 37.6 Å². The standard InChI is InChI=1S/C28H33N3O5S2/c1-3-36-18-7-16-30(38(34,35)24-12-10-23(11-13-24)29-21(2)32)20-27(33)31-17-14-26-25(15-19-37-26)28(31)22-8-5-4-6-9-22/h4-6,8-13,15,19,28H,3,7,14,16-18,20H2,1-2H3,(H,29,32)/t28-/m0/s1. The van der Waals surface area contributed by atoms with Crippen LogP contribution in [0.4, 0.5) is 5.69 Å². The van der Waals surface area contributed by atoms with Crippen molar-refractivity contribution < 1.29 is 22.7 Å². The molecule has 2 amide bonds. The van der Waals surface area contributed by atoms with Crippen LogP contribution in [0.3, 0.4) is 0 Å². The smallest absolute Gasteiger partial charge is 0.243 e. The molecule has 0 unspecified atom stereocenters. The van der Waals surface area contributed by atoms with Crippen molar-refractivity contribution in [3.05, 3.63) is 82.0 Å². The predicted molar refractivity (Wildman–Crippen MR) is 149 cm³/mol. The van der Waals surface area contributed by atoms with E-state index in [4.69, 9.17) is 4.74 Å². The van der Waals surface area contributed by atoms with Gasteiger partial charge in [0.1, 0.15) is 0 Å². The van der Waals surface area contributed by atoms with Crippen molar-refractivity contribution >= 4 is 38.9 Å². The van der Waals surface area contributed by atoms with E-state index in [0.717, 1.165) is 17.5 Å². The van der Waals surface area contributed by atoms with E-state index < -0.39 is 10.0 Å². The van der Waals surface area contributed by atoms with Gasteiger partial charge in [0.25, 0.3) is 0 Å². The summed E-state index contributed by atoms with van der Waals surface area (Å²) in [7, 11) is -3.98. The Labute approximate surface area is 228 Å². The number of rotatable bonds is 11. The summed E-state index contributed by atoms with van der Waals surface area (Å²) in [6.07, 6.45) is 1.20. The minimum absolute atomic E-state index is 0.0641. The zero-order valence-electron chi connectivity index (χ0n) is 21.6. The van der Waals surface area contributed by atoms with Gasteiger partial charge in [0.2, 0.25) is 21.8 Å². The quantitative estimate of drug-likeness (QED) is 0.356. The molecule has 38 heavy (non-hydrogen) atoms. The molecular formula is C28H33N3O5S2. The number of nitrogens with zero attached hydrogens (tertiary/aromatic N) is 2. The van der Waals surface area contributed by atoms with Crippen LogP contribution >= 0.6 is 11.3 Å². The molecule has 0 saturated carbocycles. The highest BCUT2D eigenvalue weighted by molar-refractivity contribution is 7.89. The maximum Gasteiger partial charge on any atom is 0.243 e. The first-order valence-electron chi connectivity index (χ1n) is 12.7. The van der Waals surface area contributed by atoms with E-state index in [1.54, 1.807) is 28.4 Å². The molecule has 1 N–H and O–H groups in total. The highest BCUT2D eigenvalue weighted by Crippen LogP contribution is 2.38. The summed E-state index contributed by atoms with van der Waals surface area (Å²) >= 11 is 1.69. The lowest BCUT2D eigenvalue weighted by atomic mass is 9.93. The van der Waals surface area contributed by atoms with E-state index in [1.165, 1.54) is 28.2 Å². The Balaban J connectivity index is 1.60. The maximum absolute atomic E-state index is 13.8. The maximum atomic E-state index is 13.8. The molecule has 0 bridgehead atoms. The van der Waals surface area contributed by atoms with Crippen LogP contribution in [0.1, 0.15) is 42.3 Å². The molecule has 8 nitrogen and oxygen atoms in total. The highest BCUT2D eigenvalue weighted by atomic mass is 32.2. The van der Waals surface area contributed by atoms with Gasteiger partial charge in [0, 0.05) is 43.8 Å². The Morgan fingerprint density at radius 1 is 1.11 bits per heavy atom. The summed E-state index contributed by atoms with van der Waals surface area (Å²) in [6, 6.07) is 17.6. The van der Waals surface area contributed by atoms with Crippen LogP contribution in [0.25, 0.3) is 0 Å². The van der Waals surface area contributed by atoms with E-state index in [1.807, 2.05) is 42.6 Å². The molecule has 0 aliphatic carbocycles. The number of thiophene rings is 1. The van der Waals surface area contributed by atoms with Crippen molar-refractivity contribution in [2.75, 3.05) is 38.2 Å². The molecule has 2 heterocycles. The van der Waals surface area contributed by atoms with E-state index in [9.17, 15) is 18.0 Å². The Hall–Kier alpha value is -3.05. The third-order valence-corrected chi connectivity index (χ3v) is 9.28. The van der Waals surface area contributed by atoms with Crippen LogP contribution in [0.15, 0.2) is 70.9 Å². The first kappa shape index (κ1) is 28.0. The first-order chi connectivity index (χ1) is 18.3. The summed E-state index contributed by atoms with van der Waals surface area (Å²) in [5, 5.41) is 4.68. The lowest BCUT2D eigenvalue weighted by molar-refractivity contribution is -0.133. The average molecular weight is 556 g/mol. The lowest BCUT2D eigenvalue weighted by Gasteiger charge is -2.37. The van der Waals surface area contributed by atoms with Crippen molar-refractivity contribution in [2.24, 2.45) is 0 Å². The lowest BCUT2D eigenvalue weighted by Crippen LogP contribution is -2.47. The first-order valence-corrected chi connectivity index (χ1v) is 15.0. The van der Waals surface area contributed by atoms with Gasteiger partial charge >= 0.3 is 0 Å². The van der Waals surface area contributed by atoms with Gasteiger partial charge < -0.3 is 15.0 Å². The van der Waals surface area contributed by atoms with Crippen LogP contribution in [0, 0.1) is 0 Å². The number of nitrogens with one attached hydrogen (secondary N) is 1. The van der Waals surface area contributed by atoms with E-state index >= 15 is 0 Å². The van der Waals surface area contributed by atoms with E-state index in [-0.39, 0.29) is 35.8 Å². The molecule has 0 spiro atoms. The molecule has 1 aliphatic rings. The van der Waals surface area contributed by atoms with Gasteiger partial charge in [-0.3, -0.25) is 9.59 Å². The van der Waals surface area contributed by atoms with Gasteiger partial charge in [0.15, 0.2) is 0 Å². The molecule has 1 aliphatic heterocycles. The molecule has 0 radical (unpaired) electrons. The number of sulfonamides is 1. The number of carbonyl (C=O) groups is 2. The predicted octanol–water partition coefficient (Wildman–Crippen LogP) is 4.30. The SMILES string of the molecule is CCOCCCN(CC(=O)N1CCc2sccc2[C@@H]1c1ccccc1)S(=O)(=O)c1ccc(NC(C)=O)cc1. The largest absolute Gasteiger partial charge is 0.382 e. The van der Waals surface area contributed by atoms with Crippen LogP contribution in [-0.2, 0) is 30.8 Å². The fourth-order valence-electron chi connectivity index (χ4n) is 4.66. The molecule has 3 aromatic rings. The normalized spacial score (nSPS) is 15.3. The Morgan fingerprint density at radius 3 is 2.53 bits per heavy atom. The number of benzene rings is 2. The van der Waals surface area contributed by atoms with E-state index in [0.29, 0.717) is 31.9 Å². The summed E-state index contributed by atoms with van der Waals surface area (Å²) in [4.78, 5) is 28.3. The van der Waals surface area contributed by atoms with Crippen molar-refractivity contribution in [1.29, 1.82) is 0 Å². The molecular weight excluding hydrogens is 522 g/mol. The van der Waals surface area contributed by atoms with E-state index in [2.05, 4.69) is 11.4 Å². The van der Waals surface area contributed by atoms with Gasteiger partial charge in [-0.1, -0.05) is 30.3 Å². The zero-order valence-corrected chi connectivity index (χ0v) is 23.3. The van der Waals surface area contributed by atoms with Crippen LogP contribution < -0.4 is 5.32 Å². The second-order valence-corrected chi connectivity index (χ2v) is 12.0. The summed E-state index contributed by atoms with van der Waals surface area (Å²) < 4.78 is 34.0. The highest BCUT2D eigenvalue weighted by Gasteiger charge is 2.35. The van der Waals surface area contributed by atoms with Gasteiger partial charge in [-0.05, 0) is 66.6 Å². The Bertz CT molecular complexity index is 1340. The van der Waals surface area contributed by atoms with Gasteiger partial charge in [-0.25, -0.2) is 8.42 Å². The summed E-state index contributed by atoms with van der Waals surface area (Å²) in [6.45, 7) is 4.59. The Morgan fingerprint density at radius 2 is 1.84 bits per heavy atom. The third kappa shape index (κ3) is 6.50. The number of carbonyl (C=O) groups excluding carboxylic acids is 2. The number of fused-ring (bicyclic) bond motifs is 1. The van der Waals surface area contributed by atoms with Gasteiger partial charge in [-0.15, -0.1) is 11.3 Å². The monoisotopic (exact) mass is 555 g/mol. The number of ether oxygens (including phenoxy) is 1. The summed E-state index contributed by atoms with van der Waals surface area (Å²) in [5.41, 5.74) is 2.60. The molecule has 0 fully saturated rings. The molecule has 1 atom stereocenters. The molecule has 0 saturated heterocycles.